The van der Waals surface area contributed by atoms with Crippen molar-refractivity contribution in [2.24, 2.45) is 0 Å². The third-order valence-corrected chi connectivity index (χ3v) is 4.53. The summed E-state index contributed by atoms with van der Waals surface area (Å²) in [7, 11) is 4.28. The second kappa shape index (κ2) is 8.04. The molecule has 0 aliphatic heterocycles. The predicted molar refractivity (Wildman–Crippen MR) is 102 cm³/mol. The van der Waals surface area contributed by atoms with Crippen LogP contribution in [0, 0.1) is 0 Å². The summed E-state index contributed by atoms with van der Waals surface area (Å²) >= 11 is 0. The average Bonchev–Trinajstić information content (AvgIpc) is 3.16. The third kappa shape index (κ3) is 3.51. The molecule has 0 spiro atoms. The number of phenols is 1. The standard InChI is InChI=1S/C21H20O7/c1-25-18-9-13(4-6-16(18)23)17-10-14-15(11-22)12(5-7-20(24)27-3)8-19(26-2)21(14)28-17/h4,6,8-11,23H,5,7H2,1-3H3. The molecule has 1 N–H and O–H groups in total. The first-order valence-corrected chi connectivity index (χ1v) is 8.55. The fourth-order valence-electron chi connectivity index (χ4n) is 3.06. The topological polar surface area (TPSA) is 95.2 Å². The summed E-state index contributed by atoms with van der Waals surface area (Å²) in [5.41, 5.74) is 2.19. The number of benzene rings is 2. The van der Waals surface area contributed by atoms with Crippen molar-refractivity contribution >= 4 is 23.2 Å². The van der Waals surface area contributed by atoms with Crippen LogP contribution < -0.4 is 9.47 Å². The molecule has 0 aliphatic carbocycles. The largest absolute Gasteiger partial charge is 0.504 e. The Kier molecular flexibility index (Phi) is 5.54. The summed E-state index contributed by atoms with van der Waals surface area (Å²) in [5, 5.41) is 10.4. The Labute approximate surface area is 161 Å². The number of carbonyl (C=O) groups excluding carboxylic acids is 2. The number of aromatic hydroxyl groups is 1. The molecule has 1 aromatic heterocycles. The smallest absolute Gasteiger partial charge is 0.305 e. The van der Waals surface area contributed by atoms with Crippen molar-refractivity contribution in [1.82, 2.24) is 0 Å². The van der Waals surface area contributed by atoms with E-state index in [2.05, 4.69) is 4.74 Å². The minimum absolute atomic E-state index is 0.0126. The number of methoxy groups -OCH3 is 3. The Bertz CT molecular complexity index is 1030. The molecule has 0 unspecified atom stereocenters. The lowest BCUT2D eigenvalue weighted by Crippen LogP contribution is -2.04. The van der Waals surface area contributed by atoms with Crippen LogP contribution in [0.15, 0.2) is 34.7 Å². The molecule has 0 amide bonds. The predicted octanol–water partition coefficient (Wildman–Crippen LogP) is 3.74. The number of rotatable bonds is 7. The molecule has 28 heavy (non-hydrogen) atoms. The number of furan rings is 1. The Morgan fingerprint density at radius 1 is 1.11 bits per heavy atom. The van der Waals surface area contributed by atoms with Crippen molar-refractivity contribution < 1.29 is 33.3 Å². The zero-order chi connectivity index (χ0) is 20.3. The maximum Gasteiger partial charge on any atom is 0.305 e. The molecule has 0 radical (unpaired) electrons. The van der Waals surface area contributed by atoms with Crippen molar-refractivity contribution in [3.8, 4) is 28.6 Å². The molecule has 146 valence electrons. The van der Waals surface area contributed by atoms with Gasteiger partial charge in [-0.25, -0.2) is 0 Å². The van der Waals surface area contributed by atoms with Gasteiger partial charge in [-0.2, -0.15) is 0 Å². The highest BCUT2D eigenvalue weighted by Crippen LogP contribution is 2.39. The fraction of sp³-hybridized carbons (Fsp3) is 0.238. The first-order valence-electron chi connectivity index (χ1n) is 8.55. The SMILES string of the molecule is COC(=O)CCc1cc(OC)c2oc(-c3ccc(O)c(OC)c3)cc2c1C=O. The van der Waals surface area contributed by atoms with E-state index in [1.807, 2.05) is 0 Å². The first-order chi connectivity index (χ1) is 13.5. The quantitative estimate of drug-likeness (QED) is 0.490. The summed E-state index contributed by atoms with van der Waals surface area (Å²) in [6.45, 7) is 0. The molecular formula is C21H20O7. The Balaban J connectivity index is 2.14. The normalized spacial score (nSPS) is 10.7. The Morgan fingerprint density at radius 3 is 2.50 bits per heavy atom. The number of phenolic OH excluding ortho intramolecular Hbond substituents is 1. The summed E-state index contributed by atoms with van der Waals surface area (Å²) in [6, 6.07) is 8.24. The van der Waals surface area contributed by atoms with Crippen LogP contribution in [0.4, 0.5) is 0 Å². The van der Waals surface area contributed by atoms with Gasteiger partial charge in [0.2, 0.25) is 0 Å². The van der Waals surface area contributed by atoms with Crippen molar-refractivity contribution in [1.29, 1.82) is 0 Å². The lowest BCUT2D eigenvalue weighted by molar-refractivity contribution is -0.140. The highest BCUT2D eigenvalue weighted by molar-refractivity contribution is 6.02. The Morgan fingerprint density at radius 2 is 1.86 bits per heavy atom. The molecule has 3 aromatic rings. The van der Waals surface area contributed by atoms with Gasteiger partial charge in [0, 0.05) is 22.9 Å². The van der Waals surface area contributed by atoms with E-state index in [9.17, 15) is 14.7 Å². The fourth-order valence-corrected chi connectivity index (χ4v) is 3.06. The maximum absolute atomic E-state index is 11.8. The van der Waals surface area contributed by atoms with E-state index in [1.54, 1.807) is 24.3 Å². The molecular weight excluding hydrogens is 364 g/mol. The van der Waals surface area contributed by atoms with E-state index in [0.717, 1.165) is 6.29 Å². The van der Waals surface area contributed by atoms with Crippen LogP contribution in [-0.4, -0.2) is 38.7 Å². The number of aldehydes is 1. The van der Waals surface area contributed by atoms with Crippen LogP contribution in [0.2, 0.25) is 0 Å². The Hall–Kier alpha value is -3.48. The second-order valence-corrected chi connectivity index (χ2v) is 6.09. The van der Waals surface area contributed by atoms with Gasteiger partial charge in [-0.3, -0.25) is 9.59 Å². The van der Waals surface area contributed by atoms with Crippen LogP contribution in [0.1, 0.15) is 22.3 Å². The highest BCUT2D eigenvalue weighted by Gasteiger charge is 2.19. The molecule has 0 atom stereocenters. The number of ether oxygens (including phenoxy) is 3. The average molecular weight is 384 g/mol. The molecule has 0 fully saturated rings. The van der Waals surface area contributed by atoms with Crippen LogP contribution in [0.25, 0.3) is 22.3 Å². The van der Waals surface area contributed by atoms with Gasteiger partial charge >= 0.3 is 5.97 Å². The summed E-state index contributed by atoms with van der Waals surface area (Å²) in [4.78, 5) is 23.3. The second-order valence-electron chi connectivity index (χ2n) is 6.09. The van der Waals surface area contributed by atoms with E-state index >= 15 is 0 Å². The van der Waals surface area contributed by atoms with Crippen LogP contribution in [-0.2, 0) is 16.0 Å². The van der Waals surface area contributed by atoms with Gasteiger partial charge in [0.05, 0.1) is 21.3 Å². The minimum Gasteiger partial charge on any atom is -0.504 e. The first kappa shape index (κ1) is 19.3. The van der Waals surface area contributed by atoms with Gasteiger partial charge in [-0.05, 0) is 42.3 Å². The number of carbonyl (C=O) groups is 2. The van der Waals surface area contributed by atoms with Crippen LogP contribution in [0.3, 0.4) is 0 Å². The number of fused-ring (bicyclic) bond motifs is 1. The molecule has 0 saturated carbocycles. The van der Waals surface area contributed by atoms with E-state index in [1.165, 1.54) is 27.4 Å². The van der Waals surface area contributed by atoms with Gasteiger partial charge < -0.3 is 23.7 Å². The molecule has 0 aliphatic rings. The number of hydrogen-bond acceptors (Lipinski definition) is 7. The monoisotopic (exact) mass is 384 g/mol. The zero-order valence-corrected chi connectivity index (χ0v) is 15.8. The third-order valence-electron chi connectivity index (χ3n) is 4.53. The van der Waals surface area contributed by atoms with E-state index in [-0.39, 0.29) is 18.1 Å². The lowest BCUT2D eigenvalue weighted by atomic mass is 9.99. The molecule has 0 saturated heterocycles. The van der Waals surface area contributed by atoms with Crippen molar-refractivity contribution in [2.45, 2.75) is 12.8 Å². The van der Waals surface area contributed by atoms with Gasteiger partial charge in [0.25, 0.3) is 0 Å². The maximum atomic E-state index is 11.8. The molecule has 7 nitrogen and oxygen atoms in total. The minimum atomic E-state index is -0.361. The van der Waals surface area contributed by atoms with Crippen LogP contribution >= 0.6 is 0 Å². The van der Waals surface area contributed by atoms with Gasteiger partial charge in [-0.1, -0.05) is 0 Å². The molecule has 7 heteroatoms. The summed E-state index contributed by atoms with van der Waals surface area (Å²) < 4.78 is 21.2. The van der Waals surface area contributed by atoms with E-state index in [4.69, 9.17) is 13.9 Å². The number of hydrogen-bond donors (Lipinski definition) is 1. The number of aryl methyl sites for hydroxylation is 1. The van der Waals surface area contributed by atoms with Crippen molar-refractivity contribution in [3.63, 3.8) is 0 Å². The summed E-state index contributed by atoms with van der Waals surface area (Å²) in [5.74, 6) is 0.898. The summed E-state index contributed by atoms with van der Waals surface area (Å²) in [6.07, 6.45) is 1.22. The zero-order valence-electron chi connectivity index (χ0n) is 15.8. The molecule has 1 heterocycles. The lowest BCUT2D eigenvalue weighted by Gasteiger charge is -2.09. The van der Waals surface area contributed by atoms with Gasteiger partial charge in [-0.15, -0.1) is 0 Å². The molecule has 3 rings (SSSR count). The van der Waals surface area contributed by atoms with E-state index < -0.39 is 0 Å². The van der Waals surface area contributed by atoms with Crippen LogP contribution in [0.5, 0.6) is 17.2 Å². The van der Waals surface area contributed by atoms with Gasteiger partial charge in [0.1, 0.15) is 5.76 Å². The van der Waals surface area contributed by atoms with E-state index in [0.29, 0.717) is 51.3 Å². The molecule has 2 aromatic carbocycles. The number of esters is 1. The highest BCUT2D eigenvalue weighted by atomic mass is 16.5. The van der Waals surface area contributed by atoms with Crippen molar-refractivity contribution in [3.05, 3.63) is 41.5 Å². The van der Waals surface area contributed by atoms with Crippen molar-refractivity contribution in [2.75, 3.05) is 21.3 Å². The van der Waals surface area contributed by atoms with Gasteiger partial charge in [0.15, 0.2) is 29.1 Å². The molecule has 0 bridgehead atoms.